The summed E-state index contributed by atoms with van der Waals surface area (Å²) in [6, 6.07) is 50.8. The van der Waals surface area contributed by atoms with Crippen LogP contribution in [-0.4, -0.2) is 9.55 Å². The van der Waals surface area contributed by atoms with E-state index in [2.05, 4.69) is 138 Å². The number of aromatic nitrogens is 2. The predicted molar refractivity (Wildman–Crippen MR) is 171 cm³/mol. The van der Waals surface area contributed by atoms with Crippen LogP contribution in [0.5, 0.6) is 0 Å². The molecule has 1 aliphatic rings. The minimum Gasteiger partial charge on any atom is -0.309 e. The Labute approximate surface area is 237 Å². The highest BCUT2D eigenvalue weighted by atomic mass is 15.0. The average Bonchev–Trinajstić information content (AvgIpc) is 3.37. The first-order valence-corrected chi connectivity index (χ1v) is 14.1. The van der Waals surface area contributed by atoms with Crippen LogP contribution < -0.4 is 0 Å². The van der Waals surface area contributed by atoms with Crippen molar-refractivity contribution in [3.63, 3.8) is 0 Å². The van der Waals surface area contributed by atoms with Crippen molar-refractivity contribution in [1.82, 2.24) is 9.55 Å². The minimum absolute atomic E-state index is 1.01. The second-order valence-corrected chi connectivity index (χ2v) is 10.8. The van der Waals surface area contributed by atoms with Gasteiger partial charge in [0.05, 0.1) is 22.2 Å². The molecule has 8 aromatic rings. The van der Waals surface area contributed by atoms with Crippen LogP contribution in [0.15, 0.2) is 146 Å². The molecule has 0 amide bonds. The Balaban J connectivity index is 1.48. The number of benzene rings is 6. The summed E-state index contributed by atoms with van der Waals surface area (Å²) in [5.74, 6) is 0. The van der Waals surface area contributed by atoms with Crippen LogP contribution in [0.3, 0.4) is 0 Å². The molecule has 2 aromatic heterocycles. The molecule has 2 heterocycles. The van der Waals surface area contributed by atoms with E-state index in [1.807, 2.05) is 12.3 Å². The maximum absolute atomic E-state index is 4.74. The number of nitrogens with zero attached hydrogens (tertiary/aromatic N) is 2. The Morgan fingerprint density at radius 2 is 0.976 bits per heavy atom. The highest BCUT2D eigenvalue weighted by Gasteiger charge is 2.25. The van der Waals surface area contributed by atoms with Gasteiger partial charge in [0.2, 0.25) is 0 Å². The van der Waals surface area contributed by atoms with Crippen molar-refractivity contribution in [1.29, 1.82) is 0 Å². The molecule has 2 nitrogen and oxygen atoms in total. The van der Waals surface area contributed by atoms with Crippen LogP contribution in [0.4, 0.5) is 0 Å². The summed E-state index contributed by atoms with van der Waals surface area (Å²) in [7, 11) is 0. The Morgan fingerprint density at radius 1 is 0.415 bits per heavy atom. The number of para-hydroxylation sites is 2. The van der Waals surface area contributed by atoms with Crippen LogP contribution in [-0.2, 0) is 0 Å². The number of hydrogen-bond donors (Lipinski definition) is 0. The average molecular weight is 521 g/mol. The molecule has 6 aromatic carbocycles. The van der Waals surface area contributed by atoms with Crippen LogP contribution in [0.2, 0.25) is 0 Å². The Bertz CT molecular complexity index is 2270. The van der Waals surface area contributed by atoms with Gasteiger partial charge in [0.15, 0.2) is 0 Å². The van der Waals surface area contributed by atoms with Crippen molar-refractivity contribution in [3.8, 4) is 50.2 Å². The molecule has 0 aliphatic heterocycles. The van der Waals surface area contributed by atoms with E-state index >= 15 is 0 Å². The van der Waals surface area contributed by atoms with Crippen LogP contribution in [0, 0.1) is 0 Å². The van der Waals surface area contributed by atoms with Crippen molar-refractivity contribution in [3.05, 3.63) is 146 Å². The maximum Gasteiger partial charge on any atom is 0.0708 e. The molecule has 0 saturated carbocycles. The maximum atomic E-state index is 4.74. The summed E-state index contributed by atoms with van der Waals surface area (Å²) in [4.78, 5) is 4.74. The molecule has 0 saturated heterocycles. The van der Waals surface area contributed by atoms with Gasteiger partial charge in [-0.1, -0.05) is 103 Å². The van der Waals surface area contributed by atoms with E-state index in [9.17, 15) is 0 Å². The van der Waals surface area contributed by atoms with E-state index in [0.717, 1.165) is 10.9 Å². The lowest BCUT2D eigenvalue weighted by Gasteiger charge is -2.26. The van der Waals surface area contributed by atoms with Gasteiger partial charge in [-0.25, -0.2) is 0 Å². The molecule has 0 radical (unpaired) electrons. The van der Waals surface area contributed by atoms with E-state index < -0.39 is 0 Å². The molecular weight excluding hydrogens is 496 g/mol. The molecule has 9 rings (SSSR count). The van der Waals surface area contributed by atoms with E-state index in [1.54, 1.807) is 0 Å². The van der Waals surface area contributed by atoms with Gasteiger partial charge in [-0.2, -0.15) is 0 Å². The fourth-order valence-corrected chi connectivity index (χ4v) is 6.87. The summed E-state index contributed by atoms with van der Waals surface area (Å²) < 4.78 is 2.45. The third-order valence-corrected chi connectivity index (χ3v) is 8.60. The van der Waals surface area contributed by atoms with Gasteiger partial charge in [-0.3, -0.25) is 4.98 Å². The fraction of sp³-hybridized carbons (Fsp3) is 0. The van der Waals surface area contributed by atoms with Gasteiger partial charge in [0, 0.05) is 27.9 Å². The van der Waals surface area contributed by atoms with Gasteiger partial charge >= 0.3 is 0 Å². The predicted octanol–water partition coefficient (Wildman–Crippen LogP) is 10.3. The molecule has 2 heteroatoms. The molecule has 190 valence electrons. The molecule has 0 spiro atoms. The van der Waals surface area contributed by atoms with Crippen molar-refractivity contribution >= 4 is 32.7 Å². The van der Waals surface area contributed by atoms with Gasteiger partial charge in [0.25, 0.3) is 0 Å². The highest BCUT2D eigenvalue weighted by molar-refractivity contribution is 6.12. The lowest BCUT2D eigenvalue weighted by Crippen LogP contribution is -2.03. The Hall–Kier alpha value is -5.47. The zero-order valence-electron chi connectivity index (χ0n) is 22.3. The van der Waals surface area contributed by atoms with Gasteiger partial charge in [-0.05, 0) is 75.3 Å². The Kier molecular flexibility index (Phi) is 4.64. The second kappa shape index (κ2) is 8.51. The third-order valence-electron chi connectivity index (χ3n) is 8.60. The molecule has 1 aliphatic carbocycles. The Morgan fingerprint density at radius 3 is 1.71 bits per heavy atom. The van der Waals surface area contributed by atoms with E-state index in [1.165, 1.54) is 72.0 Å². The standard InChI is InChI=1S/C39H24N2/c1-2-13-27-26(12-1)32-18-9-21-38(41-36-19-7-5-15-29(36)30-16-6-8-20-37(30)41)39(32)31-17-4-3-14-28(31)34-24-35-25(23-33(27)34)11-10-22-40-35/h1-24H. The number of rotatable bonds is 1. The van der Waals surface area contributed by atoms with Gasteiger partial charge in [0.1, 0.15) is 0 Å². The van der Waals surface area contributed by atoms with Crippen molar-refractivity contribution in [2.75, 3.05) is 0 Å². The van der Waals surface area contributed by atoms with Crippen molar-refractivity contribution < 1.29 is 0 Å². The summed E-state index contributed by atoms with van der Waals surface area (Å²) in [5.41, 5.74) is 14.5. The molecule has 0 fully saturated rings. The molecule has 41 heavy (non-hydrogen) atoms. The smallest absolute Gasteiger partial charge is 0.0708 e. The summed E-state index contributed by atoms with van der Waals surface area (Å²) in [6.45, 7) is 0. The lowest BCUT2D eigenvalue weighted by atomic mass is 9.80. The molecule has 0 atom stereocenters. The van der Waals surface area contributed by atoms with Crippen molar-refractivity contribution in [2.45, 2.75) is 0 Å². The molecule has 0 unspecified atom stereocenters. The summed E-state index contributed by atoms with van der Waals surface area (Å²) in [5, 5.41) is 3.68. The van der Waals surface area contributed by atoms with Crippen LogP contribution in [0.25, 0.3) is 82.9 Å². The molecule has 0 N–H and O–H groups in total. The largest absolute Gasteiger partial charge is 0.309 e. The number of pyridine rings is 1. The van der Waals surface area contributed by atoms with E-state index in [-0.39, 0.29) is 0 Å². The first kappa shape index (κ1) is 22.4. The monoisotopic (exact) mass is 520 g/mol. The lowest BCUT2D eigenvalue weighted by molar-refractivity contribution is 1.18. The number of fused-ring (bicyclic) bond motifs is 12. The summed E-state index contributed by atoms with van der Waals surface area (Å²) >= 11 is 0. The third kappa shape index (κ3) is 3.16. The highest BCUT2D eigenvalue weighted by Crippen LogP contribution is 2.50. The van der Waals surface area contributed by atoms with E-state index in [0.29, 0.717) is 0 Å². The zero-order valence-corrected chi connectivity index (χ0v) is 22.3. The normalized spacial score (nSPS) is 11.9. The molecule has 0 bridgehead atoms. The second-order valence-electron chi connectivity index (χ2n) is 10.8. The first-order valence-electron chi connectivity index (χ1n) is 14.1. The van der Waals surface area contributed by atoms with Gasteiger partial charge in [-0.15, -0.1) is 0 Å². The topological polar surface area (TPSA) is 17.8 Å². The van der Waals surface area contributed by atoms with Crippen LogP contribution >= 0.6 is 0 Å². The summed E-state index contributed by atoms with van der Waals surface area (Å²) in [6.07, 6.45) is 1.88. The van der Waals surface area contributed by atoms with Crippen molar-refractivity contribution in [2.24, 2.45) is 0 Å². The minimum atomic E-state index is 1.01. The van der Waals surface area contributed by atoms with Crippen LogP contribution in [0.1, 0.15) is 0 Å². The fourth-order valence-electron chi connectivity index (χ4n) is 6.87. The zero-order chi connectivity index (χ0) is 26.9. The molecular formula is C39H24N2. The quantitative estimate of drug-likeness (QED) is 0.210. The first-order chi connectivity index (χ1) is 20.4. The number of hydrogen-bond acceptors (Lipinski definition) is 1. The van der Waals surface area contributed by atoms with Gasteiger partial charge < -0.3 is 4.57 Å². The SMILES string of the molecule is c1ccc2c(c1)-c1cc3cccnc3cc1-c1ccccc1-c1c-2cccc1-n1c2ccccc2c2ccccc21. The van der Waals surface area contributed by atoms with E-state index in [4.69, 9.17) is 4.98 Å².